The highest BCUT2D eigenvalue weighted by atomic mass is 32.2. The molecule has 218 valence electrons. The Morgan fingerprint density at radius 3 is 1.98 bits per heavy atom. The van der Waals surface area contributed by atoms with Gasteiger partial charge in [0.25, 0.3) is 0 Å². The van der Waals surface area contributed by atoms with Gasteiger partial charge in [0, 0.05) is 31.0 Å². The van der Waals surface area contributed by atoms with E-state index in [1.807, 2.05) is 67.6 Å². The molecule has 1 fully saturated rings. The topological polar surface area (TPSA) is 91.8 Å². The van der Waals surface area contributed by atoms with Gasteiger partial charge in [-0.1, -0.05) is 80.4 Å². The van der Waals surface area contributed by atoms with Crippen LogP contribution >= 0.6 is 0 Å². The minimum Gasteiger partial charge on any atom is -0.393 e. The number of hydrogen-bond donors (Lipinski definition) is 1. The number of aliphatic hydroxyl groups excluding tert-OH is 1. The molecule has 0 unspecified atom stereocenters. The molecule has 3 aromatic carbocycles. The van der Waals surface area contributed by atoms with Crippen molar-refractivity contribution in [3.63, 3.8) is 0 Å². The van der Waals surface area contributed by atoms with Crippen LogP contribution in [0.3, 0.4) is 0 Å². The number of carbonyl (C=O) groups is 2. The second-order valence-electron chi connectivity index (χ2n) is 11.6. The lowest BCUT2D eigenvalue weighted by atomic mass is 9.81. The molecule has 0 bridgehead atoms. The van der Waals surface area contributed by atoms with Crippen molar-refractivity contribution >= 4 is 27.3 Å². The van der Waals surface area contributed by atoms with Crippen molar-refractivity contribution in [3.05, 3.63) is 101 Å². The molecule has 6 nitrogen and oxygen atoms in total. The standard InChI is InChI=1S/C34H41NO5S/c1-24(26-14-8-5-9-15-26)18-32(36)28-20-29(22-31(21-28)35(2)41(3,39)40)33(37)23-30(19-25-12-6-4-7-13-25)34(38)27-16-10-11-17-27/h4-9,12-15,20-22,24,27,30,34,38H,10-11,16-19,23H2,1-3H3/t24-,30+,34+/m0/s1. The Morgan fingerprint density at radius 1 is 0.878 bits per heavy atom. The van der Waals surface area contributed by atoms with E-state index in [0.29, 0.717) is 12.0 Å². The largest absolute Gasteiger partial charge is 0.393 e. The summed E-state index contributed by atoms with van der Waals surface area (Å²) >= 11 is 0. The molecule has 0 saturated heterocycles. The Bertz CT molecular complexity index is 1430. The smallest absolute Gasteiger partial charge is 0.231 e. The molecule has 0 amide bonds. The first kappa shape index (κ1) is 30.7. The van der Waals surface area contributed by atoms with Crippen LogP contribution in [0.15, 0.2) is 78.9 Å². The average Bonchev–Trinajstić information content (AvgIpc) is 3.51. The van der Waals surface area contributed by atoms with Gasteiger partial charge in [-0.3, -0.25) is 13.9 Å². The van der Waals surface area contributed by atoms with Crippen molar-refractivity contribution in [2.45, 2.75) is 63.9 Å². The molecule has 0 heterocycles. The number of carbonyl (C=O) groups excluding carboxylic acids is 2. The number of rotatable bonds is 13. The van der Waals surface area contributed by atoms with Crippen LogP contribution in [0.25, 0.3) is 0 Å². The molecule has 0 aromatic heterocycles. The minimum absolute atomic E-state index is 0.0454. The Labute approximate surface area is 244 Å². The Balaban J connectivity index is 1.64. The summed E-state index contributed by atoms with van der Waals surface area (Å²) in [5, 5.41) is 11.4. The van der Waals surface area contributed by atoms with Crippen LogP contribution in [-0.4, -0.2) is 44.5 Å². The fourth-order valence-corrected chi connectivity index (χ4v) is 6.36. The van der Waals surface area contributed by atoms with Crippen molar-refractivity contribution < 1.29 is 23.1 Å². The van der Waals surface area contributed by atoms with E-state index >= 15 is 0 Å². The predicted octanol–water partition coefficient (Wildman–Crippen LogP) is 6.44. The van der Waals surface area contributed by atoms with Gasteiger partial charge in [0.05, 0.1) is 18.0 Å². The van der Waals surface area contributed by atoms with Gasteiger partial charge in [-0.2, -0.15) is 0 Å². The van der Waals surface area contributed by atoms with Crippen LogP contribution in [0.2, 0.25) is 0 Å². The molecule has 7 heteroatoms. The Kier molecular flexibility index (Phi) is 10.2. The molecule has 3 aromatic rings. The van der Waals surface area contributed by atoms with Gasteiger partial charge in [-0.05, 0) is 66.3 Å². The van der Waals surface area contributed by atoms with E-state index in [9.17, 15) is 23.1 Å². The van der Waals surface area contributed by atoms with Crippen molar-refractivity contribution in [2.75, 3.05) is 17.6 Å². The Hall–Kier alpha value is -3.29. The highest BCUT2D eigenvalue weighted by molar-refractivity contribution is 7.92. The molecule has 41 heavy (non-hydrogen) atoms. The van der Waals surface area contributed by atoms with Gasteiger partial charge >= 0.3 is 0 Å². The highest BCUT2D eigenvalue weighted by Crippen LogP contribution is 2.34. The molecule has 0 spiro atoms. The quantitative estimate of drug-likeness (QED) is 0.237. The third-order valence-electron chi connectivity index (χ3n) is 8.44. The van der Waals surface area contributed by atoms with E-state index in [1.165, 1.54) is 7.05 Å². The number of sulfonamides is 1. The molecular weight excluding hydrogens is 534 g/mol. The van der Waals surface area contributed by atoms with Crippen LogP contribution in [0.4, 0.5) is 5.69 Å². The maximum atomic E-state index is 13.8. The third kappa shape index (κ3) is 8.14. The number of hydrogen-bond acceptors (Lipinski definition) is 5. The summed E-state index contributed by atoms with van der Waals surface area (Å²) in [5.41, 5.74) is 2.94. The lowest BCUT2D eigenvalue weighted by Gasteiger charge is -2.27. The maximum absolute atomic E-state index is 13.8. The average molecular weight is 576 g/mol. The molecule has 1 saturated carbocycles. The van der Waals surface area contributed by atoms with Crippen LogP contribution in [-0.2, 0) is 16.4 Å². The number of Topliss-reactive ketones (excluding diaryl/α,β-unsaturated/α-hetero) is 2. The van der Waals surface area contributed by atoms with E-state index in [1.54, 1.807) is 18.2 Å². The van der Waals surface area contributed by atoms with Gasteiger partial charge in [0.2, 0.25) is 10.0 Å². The van der Waals surface area contributed by atoms with Gasteiger partial charge in [0.1, 0.15) is 0 Å². The van der Waals surface area contributed by atoms with Crippen molar-refractivity contribution in [2.24, 2.45) is 11.8 Å². The lowest BCUT2D eigenvalue weighted by Crippen LogP contribution is -2.31. The van der Waals surface area contributed by atoms with Crippen molar-refractivity contribution in [1.82, 2.24) is 0 Å². The molecule has 1 N–H and O–H groups in total. The Morgan fingerprint density at radius 2 is 1.41 bits per heavy atom. The number of aliphatic hydroxyl groups is 1. The SMILES string of the molecule is C[C@@H](CC(=O)c1cc(C(=O)C[C@@H](Cc2ccccc2)[C@H](O)C2CCCC2)cc(N(C)S(C)(=O)=O)c1)c1ccccc1. The second-order valence-corrected chi connectivity index (χ2v) is 13.6. The molecule has 3 atom stereocenters. The summed E-state index contributed by atoms with van der Waals surface area (Å²) in [4.78, 5) is 27.3. The van der Waals surface area contributed by atoms with Crippen LogP contribution in [0, 0.1) is 11.8 Å². The zero-order valence-corrected chi connectivity index (χ0v) is 25.0. The normalized spacial score (nSPS) is 16.2. The lowest BCUT2D eigenvalue weighted by molar-refractivity contribution is 0.0456. The maximum Gasteiger partial charge on any atom is 0.231 e. The van der Waals surface area contributed by atoms with Gasteiger partial charge in [0.15, 0.2) is 11.6 Å². The summed E-state index contributed by atoms with van der Waals surface area (Å²) in [6, 6.07) is 24.3. The summed E-state index contributed by atoms with van der Waals surface area (Å²) in [6.45, 7) is 1.98. The molecule has 0 radical (unpaired) electrons. The number of benzene rings is 3. The summed E-state index contributed by atoms with van der Waals surface area (Å²) in [7, 11) is -2.21. The van der Waals surface area contributed by atoms with Gasteiger partial charge in [-0.15, -0.1) is 0 Å². The van der Waals surface area contributed by atoms with Gasteiger partial charge < -0.3 is 5.11 Å². The van der Waals surface area contributed by atoms with Gasteiger partial charge in [-0.25, -0.2) is 8.42 Å². The van der Waals surface area contributed by atoms with Crippen LogP contribution < -0.4 is 4.31 Å². The monoisotopic (exact) mass is 575 g/mol. The number of ketones is 2. The summed E-state index contributed by atoms with van der Waals surface area (Å²) < 4.78 is 25.9. The summed E-state index contributed by atoms with van der Waals surface area (Å²) in [5.74, 6) is -0.545. The first-order valence-corrected chi connectivity index (χ1v) is 16.3. The zero-order chi connectivity index (χ0) is 29.6. The first-order valence-electron chi connectivity index (χ1n) is 14.4. The third-order valence-corrected chi connectivity index (χ3v) is 9.64. The fourth-order valence-electron chi connectivity index (χ4n) is 5.87. The van der Waals surface area contributed by atoms with Crippen molar-refractivity contribution in [3.8, 4) is 0 Å². The number of anilines is 1. The van der Waals surface area contributed by atoms with E-state index < -0.39 is 16.1 Å². The minimum atomic E-state index is -3.62. The second kappa shape index (κ2) is 13.6. The highest BCUT2D eigenvalue weighted by Gasteiger charge is 2.32. The molecule has 1 aliphatic rings. The summed E-state index contributed by atoms with van der Waals surface area (Å²) in [6.07, 6.45) is 5.44. The molecule has 4 rings (SSSR count). The predicted molar refractivity (Wildman–Crippen MR) is 164 cm³/mol. The molecular formula is C34H41NO5S. The van der Waals surface area contributed by atoms with E-state index in [-0.39, 0.29) is 53.4 Å². The van der Waals surface area contributed by atoms with E-state index in [2.05, 4.69) is 0 Å². The van der Waals surface area contributed by atoms with Crippen LogP contribution in [0.5, 0.6) is 0 Å². The van der Waals surface area contributed by atoms with E-state index in [4.69, 9.17) is 0 Å². The molecule has 1 aliphatic carbocycles. The van der Waals surface area contributed by atoms with E-state index in [0.717, 1.165) is 47.4 Å². The molecule has 0 aliphatic heterocycles. The van der Waals surface area contributed by atoms with Crippen LogP contribution in [0.1, 0.15) is 83.2 Å². The number of nitrogens with zero attached hydrogens (tertiary/aromatic N) is 1. The van der Waals surface area contributed by atoms with Crippen molar-refractivity contribution in [1.29, 1.82) is 0 Å². The zero-order valence-electron chi connectivity index (χ0n) is 24.2. The fraction of sp³-hybridized carbons (Fsp3) is 0.412. The first-order chi connectivity index (χ1) is 19.5.